The number of benzene rings is 3. The normalized spacial score (nSPS) is 11.0. The third kappa shape index (κ3) is 3.59. The van der Waals surface area contributed by atoms with Crippen molar-refractivity contribution >= 4 is 17.0 Å². The topological polar surface area (TPSA) is 108 Å². The van der Waals surface area contributed by atoms with Gasteiger partial charge >= 0.3 is 5.97 Å². The molecule has 0 bridgehead atoms. The molecule has 1 N–H and O–H groups in total. The lowest BCUT2D eigenvalue weighted by Crippen LogP contribution is -2.05. The zero-order chi connectivity index (χ0) is 22.8. The van der Waals surface area contributed by atoms with Crippen molar-refractivity contribution in [3.63, 3.8) is 0 Å². The lowest BCUT2D eigenvalue weighted by Gasteiger charge is -2.15. The van der Waals surface area contributed by atoms with E-state index in [0.717, 1.165) is 22.4 Å². The van der Waals surface area contributed by atoms with Gasteiger partial charge in [-0.05, 0) is 42.0 Å². The number of rotatable bonds is 6. The number of aromatic amines is 1. The molecule has 164 valence electrons. The van der Waals surface area contributed by atoms with Crippen LogP contribution in [0.25, 0.3) is 39.2 Å². The van der Waals surface area contributed by atoms with E-state index in [4.69, 9.17) is 9.47 Å². The second kappa shape index (κ2) is 8.54. The minimum atomic E-state index is -0.418. The number of carbonyl (C=O) groups is 1. The molecule has 3 aromatic carbocycles. The molecule has 0 spiro atoms. The Morgan fingerprint density at radius 1 is 1.03 bits per heavy atom. The van der Waals surface area contributed by atoms with Crippen LogP contribution in [0.15, 0.2) is 67.0 Å². The van der Waals surface area contributed by atoms with Gasteiger partial charge in [-0.25, -0.2) is 9.78 Å². The molecule has 0 radical (unpaired) electrons. The fourth-order valence-electron chi connectivity index (χ4n) is 3.88. The second-order valence-electron chi connectivity index (χ2n) is 7.17. The van der Waals surface area contributed by atoms with E-state index >= 15 is 0 Å². The third-order valence-electron chi connectivity index (χ3n) is 5.32. The predicted octanol–water partition coefficient (Wildman–Crippen LogP) is 4.06. The predicted molar refractivity (Wildman–Crippen MR) is 122 cm³/mol. The molecule has 0 fully saturated rings. The van der Waals surface area contributed by atoms with Gasteiger partial charge in [-0.15, -0.1) is 10.2 Å². The van der Waals surface area contributed by atoms with E-state index in [0.29, 0.717) is 34.8 Å². The first-order valence-electron chi connectivity index (χ1n) is 10.4. The van der Waals surface area contributed by atoms with E-state index in [1.54, 1.807) is 18.5 Å². The summed E-state index contributed by atoms with van der Waals surface area (Å²) in [5.74, 6) is 0.766. The SMILES string of the molecule is CCOc1cc(-n2cnc3cccc(C(=O)OC)c32)ccc1-c1ccccc1-c1nn[nH]n1. The minimum absolute atomic E-state index is 0.418. The van der Waals surface area contributed by atoms with Crippen molar-refractivity contribution in [2.75, 3.05) is 13.7 Å². The fraction of sp³-hybridized carbons (Fsp3) is 0.125. The number of nitrogens with one attached hydrogen (secondary N) is 1. The zero-order valence-corrected chi connectivity index (χ0v) is 18.0. The Morgan fingerprint density at radius 2 is 1.88 bits per heavy atom. The van der Waals surface area contributed by atoms with Crippen molar-refractivity contribution in [3.8, 4) is 34.0 Å². The number of tetrazole rings is 1. The van der Waals surface area contributed by atoms with Crippen LogP contribution in [0.5, 0.6) is 5.75 Å². The summed E-state index contributed by atoms with van der Waals surface area (Å²) in [6.45, 7) is 2.42. The van der Waals surface area contributed by atoms with Gasteiger partial charge in [0.1, 0.15) is 12.1 Å². The van der Waals surface area contributed by atoms with Crippen molar-refractivity contribution in [1.29, 1.82) is 0 Å². The van der Waals surface area contributed by atoms with Crippen LogP contribution in [0.2, 0.25) is 0 Å². The maximum atomic E-state index is 12.4. The van der Waals surface area contributed by atoms with Crippen LogP contribution in [-0.2, 0) is 4.74 Å². The van der Waals surface area contributed by atoms with Gasteiger partial charge < -0.3 is 9.47 Å². The van der Waals surface area contributed by atoms with Gasteiger partial charge in [0.05, 0.1) is 36.0 Å². The first kappa shape index (κ1) is 20.4. The summed E-state index contributed by atoms with van der Waals surface area (Å²) in [6, 6.07) is 19.1. The molecule has 0 unspecified atom stereocenters. The van der Waals surface area contributed by atoms with Crippen LogP contribution < -0.4 is 4.74 Å². The number of para-hydroxylation sites is 1. The molecular weight excluding hydrogens is 420 g/mol. The van der Waals surface area contributed by atoms with E-state index in [1.165, 1.54) is 7.11 Å². The van der Waals surface area contributed by atoms with E-state index in [-0.39, 0.29) is 0 Å². The van der Waals surface area contributed by atoms with Gasteiger partial charge in [0, 0.05) is 17.2 Å². The molecule has 0 aliphatic heterocycles. The molecule has 0 saturated carbocycles. The monoisotopic (exact) mass is 440 g/mol. The quantitative estimate of drug-likeness (QED) is 0.397. The lowest BCUT2D eigenvalue weighted by molar-refractivity contribution is 0.0602. The van der Waals surface area contributed by atoms with Crippen LogP contribution in [0.1, 0.15) is 17.3 Å². The molecule has 0 amide bonds. The van der Waals surface area contributed by atoms with Crippen LogP contribution in [0.3, 0.4) is 0 Å². The van der Waals surface area contributed by atoms with Crippen molar-refractivity contribution < 1.29 is 14.3 Å². The number of methoxy groups -OCH3 is 1. The third-order valence-corrected chi connectivity index (χ3v) is 5.32. The molecule has 9 nitrogen and oxygen atoms in total. The molecule has 5 aromatic rings. The average Bonchev–Trinajstić information content (AvgIpc) is 3.54. The Labute approximate surface area is 189 Å². The Morgan fingerprint density at radius 3 is 2.64 bits per heavy atom. The van der Waals surface area contributed by atoms with E-state index in [1.807, 2.05) is 60.0 Å². The molecule has 2 aromatic heterocycles. The van der Waals surface area contributed by atoms with Crippen LogP contribution in [0, 0.1) is 0 Å². The number of esters is 1. The van der Waals surface area contributed by atoms with Gasteiger partial charge in [0.2, 0.25) is 5.82 Å². The maximum absolute atomic E-state index is 12.4. The molecule has 0 atom stereocenters. The van der Waals surface area contributed by atoms with Crippen LogP contribution in [-0.4, -0.2) is 49.9 Å². The number of hydrogen-bond donors (Lipinski definition) is 1. The minimum Gasteiger partial charge on any atom is -0.493 e. The summed E-state index contributed by atoms with van der Waals surface area (Å²) in [7, 11) is 1.37. The smallest absolute Gasteiger partial charge is 0.340 e. The average molecular weight is 440 g/mol. The summed E-state index contributed by atoms with van der Waals surface area (Å²) in [5.41, 5.74) is 5.25. The van der Waals surface area contributed by atoms with E-state index in [2.05, 4.69) is 25.6 Å². The number of fused-ring (bicyclic) bond motifs is 1. The molecule has 0 aliphatic rings. The number of H-pyrrole nitrogens is 1. The number of imidazole rings is 1. The second-order valence-corrected chi connectivity index (χ2v) is 7.17. The van der Waals surface area contributed by atoms with Crippen molar-refractivity contribution in [3.05, 3.63) is 72.6 Å². The number of carbonyl (C=O) groups excluding carboxylic acids is 1. The molecule has 5 rings (SSSR count). The molecule has 9 heteroatoms. The maximum Gasteiger partial charge on any atom is 0.340 e. The Kier molecular flexibility index (Phi) is 5.27. The number of hydrogen-bond acceptors (Lipinski definition) is 7. The van der Waals surface area contributed by atoms with Crippen LogP contribution >= 0.6 is 0 Å². The first-order valence-corrected chi connectivity index (χ1v) is 10.4. The van der Waals surface area contributed by atoms with Crippen LogP contribution in [0.4, 0.5) is 0 Å². The highest BCUT2D eigenvalue weighted by atomic mass is 16.5. The highest BCUT2D eigenvalue weighted by molar-refractivity contribution is 6.02. The number of ether oxygens (including phenoxy) is 2. The fourth-order valence-corrected chi connectivity index (χ4v) is 3.88. The van der Waals surface area contributed by atoms with Gasteiger partial charge in [0.15, 0.2) is 0 Å². The van der Waals surface area contributed by atoms with Gasteiger partial charge in [-0.1, -0.05) is 30.3 Å². The zero-order valence-electron chi connectivity index (χ0n) is 18.0. The molecule has 2 heterocycles. The highest BCUT2D eigenvalue weighted by Crippen LogP contribution is 2.38. The highest BCUT2D eigenvalue weighted by Gasteiger charge is 2.18. The van der Waals surface area contributed by atoms with E-state index in [9.17, 15) is 4.79 Å². The van der Waals surface area contributed by atoms with Gasteiger partial charge in [-0.3, -0.25) is 4.57 Å². The van der Waals surface area contributed by atoms with E-state index < -0.39 is 5.97 Å². The summed E-state index contributed by atoms with van der Waals surface area (Å²) in [4.78, 5) is 16.8. The number of aromatic nitrogens is 6. The summed E-state index contributed by atoms with van der Waals surface area (Å²) in [6.07, 6.45) is 1.69. The Bertz CT molecular complexity index is 1440. The summed E-state index contributed by atoms with van der Waals surface area (Å²) >= 11 is 0. The molecule has 0 saturated heterocycles. The Balaban J connectivity index is 1.68. The molecule has 33 heavy (non-hydrogen) atoms. The van der Waals surface area contributed by atoms with Crippen molar-refractivity contribution in [2.24, 2.45) is 0 Å². The van der Waals surface area contributed by atoms with Gasteiger partial charge in [0.25, 0.3) is 0 Å². The summed E-state index contributed by atoms with van der Waals surface area (Å²) in [5, 5.41) is 14.4. The number of nitrogens with zero attached hydrogens (tertiary/aromatic N) is 5. The standard InChI is InChI=1S/C24H20N6O3/c1-3-33-21-13-15(30-14-25-20-10-6-9-19(22(20)30)24(31)32-2)11-12-17(21)16-7-4-5-8-18(16)23-26-28-29-27-23/h4-14H,3H2,1-2H3,(H,26,27,28,29). The van der Waals surface area contributed by atoms with Crippen molar-refractivity contribution in [1.82, 2.24) is 30.2 Å². The first-order chi connectivity index (χ1) is 16.2. The lowest BCUT2D eigenvalue weighted by atomic mass is 9.98. The Hall–Kier alpha value is -4.53. The summed E-state index contributed by atoms with van der Waals surface area (Å²) < 4.78 is 12.9. The largest absolute Gasteiger partial charge is 0.493 e. The molecule has 0 aliphatic carbocycles. The van der Waals surface area contributed by atoms with Crippen molar-refractivity contribution in [2.45, 2.75) is 6.92 Å². The molecular formula is C24H20N6O3. The van der Waals surface area contributed by atoms with Gasteiger partial charge in [-0.2, -0.15) is 5.21 Å².